The Hall–Kier alpha value is -1.87. The quantitative estimate of drug-likeness (QED) is 0.624. The Bertz CT molecular complexity index is 581. The zero-order chi connectivity index (χ0) is 13.8. The average Bonchev–Trinajstić information content (AvgIpc) is 2.38. The van der Waals surface area contributed by atoms with Crippen molar-refractivity contribution < 1.29 is 4.92 Å². The molecule has 0 N–H and O–H groups in total. The molecule has 0 aliphatic heterocycles. The first kappa shape index (κ1) is 13.6. The lowest BCUT2D eigenvalue weighted by molar-refractivity contribution is -0.481. The van der Waals surface area contributed by atoms with Gasteiger partial charge in [-0.05, 0) is 35.7 Å². The second kappa shape index (κ2) is 5.85. The Kier molecular flexibility index (Phi) is 4.17. The number of benzene rings is 2. The zero-order valence-corrected chi connectivity index (χ0v) is 11.3. The summed E-state index contributed by atoms with van der Waals surface area (Å²) in [6, 6.07) is 15.0. The van der Waals surface area contributed by atoms with Gasteiger partial charge < -0.3 is 0 Å². The largest absolute Gasteiger partial charge is 0.265 e. The van der Waals surface area contributed by atoms with Gasteiger partial charge in [0.05, 0.1) is 5.92 Å². The summed E-state index contributed by atoms with van der Waals surface area (Å²) in [5.41, 5.74) is 2.96. The van der Waals surface area contributed by atoms with Crippen LogP contribution >= 0.6 is 11.6 Å². The van der Waals surface area contributed by atoms with Gasteiger partial charge >= 0.3 is 0 Å². The molecule has 98 valence electrons. The van der Waals surface area contributed by atoms with E-state index in [0.717, 1.165) is 16.7 Å². The van der Waals surface area contributed by atoms with Gasteiger partial charge in [0, 0.05) is 9.95 Å². The zero-order valence-electron chi connectivity index (χ0n) is 10.5. The summed E-state index contributed by atoms with van der Waals surface area (Å²) in [5, 5.41) is 11.5. The van der Waals surface area contributed by atoms with Gasteiger partial charge in [-0.3, -0.25) is 10.1 Å². The van der Waals surface area contributed by atoms with Crippen LogP contribution in [0.3, 0.4) is 0 Å². The molecular formula is C15H14ClNO2. The molecule has 0 saturated heterocycles. The minimum absolute atomic E-state index is 0.119. The number of nitrogens with zero attached hydrogens (tertiary/aromatic N) is 1. The van der Waals surface area contributed by atoms with E-state index >= 15 is 0 Å². The van der Waals surface area contributed by atoms with Gasteiger partial charge in [0.15, 0.2) is 0 Å². The molecule has 0 spiro atoms. The normalized spacial score (nSPS) is 12.1. The fraction of sp³-hybridized carbons (Fsp3) is 0.200. The minimum atomic E-state index is -0.272. The van der Waals surface area contributed by atoms with E-state index < -0.39 is 0 Å². The van der Waals surface area contributed by atoms with E-state index in [1.165, 1.54) is 0 Å². The summed E-state index contributed by atoms with van der Waals surface area (Å²) in [4.78, 5) is 10.6. The van der Waals surface area contributed by atoms with E-state index in [-0.39, 0.29) is 17.4 Å². The maximum absolute atomic E-state index is 10.9. The van der Waals surface area contributed by atoms with Crippen LogP contribution in [0.4, 0.5) is 0 Å². The van der Waals surface area contributed by atoms with Crippen molar-refractivity contribution in [2.75, 3.05) is 6.54 Å². The molecule has 0 bridgehead atoms. The first-order chi connectivity index (χ1) is 9.08. The van der Waals surface area contributed by atoms with Crippen LogP contribution in [0.15, 0.2) is 48.5 Å². The molecule has 19 heavy (non-hydrogen) atoms. The van der Waals surface area contributed by atoms with Gasteiger partial charge in [-0.1, -0.05) is 48.0 Å². The number of aryl methyl sites for hydroxylation is 1. The number of hydrogen-bond donors (Lipinski definition) is 0. The third kappa shape index (κ3) is 3.32. The topological polar surface area (TPSA) is 43.1 Å². The van der Waals surface area contributed by atoms with Gasteiger partial charge in [-0.15, -0.1) is 0 Å². The fourth-order valence-electron chi connectivity index (χ4n) is 2.21. The lowest BCUT2D eigenvalue weighted by Crippen LogP contribution is -2.14. The molecule has 1 unspecified atom stereocenters. The molecule has 1 atom stereocenters. The predicted octanol–water partition coefficient (Wildman–Crippen LogP) is 4.06. The van der Waals surface area contributed by atoms with Crippen molar-refractivity contribution in [1.82, 2.24) is 0 Å². The van der Waals surface area contributed by atoms with Gasteiger partial charge in [0.25, 0.3) is 0 Å². The second-order valence-electron chi connectivity index (χ2n) is 4.48. The Morgan fingerprint density at radius 3 is 2.37 bits per heavy atom. The lowest BCUT2D eigenvalue weighted by atomic mass is 9.88. The number of hydrogen-bond acceptors (Lipinski definition) is 2. The van der Waals surface area contributed by atoms with Crippen molar-refractivity contribution in [2.45, 2.75) is 12.8 Å². The van der Waals surface area contributed by atoms with Crippen LogP contribution in [0.1, 0.15) is 22.6 Å². The summed E-state index contributed by atoms with van der Waals surface area (Å²) >= 11 is 5.87. The second-order valence-corrected chi connectivity index (χ2v) is 4.91. The van der Waals surface area contributed by atoms with E-state index in [2.05, 4.69) is 0 Å². The molecule has 0 aromatic heterocycles. The molecule has 0 amide bonds. The van der Waals surface area contributed by atoms with E-state index in [9.17, 15) is 10.1 Å². The Morgan fingerprint density at radius 1 is 1.16 bits per heavy atom. The molecule has 0 fully saturated rings. The van der Waals surface area contributed by atoms with E-state index in [0.29, 0.717) is 5.02 Å². The minimum Gasteiger partial charge on any atom is -0.265 e. The van der Waals surface area contributed by atoms with Crippen LogP contribution in [-0.4, -0.2) is 11.5 Å². The van der Waals surface area contributed by atoms with Crippen LogP contribution in [-0.2, 0) is 0 Å². The van der Waals surface area contributed by atoms with E-state index in [4.69, 9.17) is 11.6 Å². The lowest BCUT2D eigenvalue weighted by Gasteiger charge is -2.16. The first-order valence-electron chi connectivity index (χ1n) is 6.00. The van der Waals surface area contributed by atoms with E-state index in [1.807, 2.05) is 43.3 Å². The Balaban J connectivity index is 2.44. The maximum atomic E-state index is 10.9. The number of nitro groups is 1. The number of rotatable bonds is 4. The summed E-state index contributed by atoms with van der Waals surface area (Å²) in [5.74, 6) is -0.242. The molecular weight excluding hydrogens is 262 g/mol. The van der Waals surface area contributed by atoms with Crippen LogP contribution in [0.5, 0.6) is 0 Å². The van der Waals surface area contributed by atoms with Gasteiger partial charge in [0.1, 0.15) is 0 Å². The molecule has 3 nitrogen and oxygen atoms in total. The molecule has 0 aliphatic rings. The summed E-state index contributed by atoms with van der Waals surface area (Å²) in [6.07, 6.45) is 0. The van der Waals surface area contributed by atoms with Crippen molar-refractivity contribution >= 4 is 11.6 Å². The smallest absolute Gasteiger partial charge is 0.214 e. The van der Waals surface area contributed by atoms with Crippen LogP contribution in [0.25, 0.3) is 0 Å². The highest BCUT2D eigenvalue weighted by atomic mass is 35.5. The maximum Gasteiger partial charge on any atom is 0.214 e. The van der Waals surface area contributed by atoms with Crippen LogP contribution in [0, 0.1) is 17.0 Å². The highest BCUT2D eigenvalue weighted by molar-refractivity contribution is 6.30. The van der Waals surface area contributed by atoms with Crippen LogP contribution < -0.4 is 0 Å². The number of halogens is 1. The van der Waals surface area contributed by atoms with Crippen molar-refractivity contribution in [2.24, 2.45) is 0 Å². The van der Waals surface area contributed by atoms with Crippen molar-refractivity contribution in [3.63, 3.8) is 0 Å². The highest BCUT2D eigenvalue weighted by Crippen LogP contribution is 2.28. The summed E-state index contributed by atoms with van der Waals surface area (Å²) in [7, 11) is 0. The van der Waals surface area contributed by atoms with E-state index in [1.54, 1.807) is 12.1 Å². The Morgan fingerprint density at radius 2 is 1.79 bits per heavy atom. The standard InChI is InChI=1S/C15H14ClNO2/c1-11-4-2-3-5-14(11)15(10-17(18)19)12-6-8-13(16)9-7-12/h2-9,15H,10H2,1H3. The SMILES string of the molecule is Cc1ccccc1C(C[N+](=O)[O-])c1ccc(Cl)cc1. The first-order valence-corrected chi connectivity index (χ1v) is 6.38. The molecule has 0 heterocycles. The fourth-order valence-corrected chi connectivity index (χ4v) is 2.33. The molecule has 0 saturated carbocycles. The molecule has 0 aliphatic carbocycles. The molecule has 2 aromatic rings. The molecule has 2 rings (SSSR count). The monoisotopic (exact) mass is 275 g/mol. The molecule has 4 heteroatoms. The summed E-state index contributed by atoms with van der Waals surface area (Å²) < 4.78 is 0. The van der Waals surface area contributed by atoms with Crippen LogP contribution in [0.2, 0.25) is 5.02 Å². The van der Waals surface area contributed by atoms with Gasteiger partial charge in [0.2, 0.25) is 6.54 Å². The van der Waals surface area contributed by atoms with Gasteiger partial charge in [-0.2, -0.15) is 0 Å². The average molecular weight is 276 g/mol. The third-order valence-corrected chi connectivity index (χ3v) is 3.42. The molecule has 2 aromatic carbocycles. The Labute approximate surface area is 117 Å². The van der Waals surface area contributed by atoms with Crippen molar-refractivity contribution in [3.05, 3.63) is 80.4 Å². The van der Waals surface area contributed by atoms with Gasteiger partial charge in [-0.25, -0.2) is 0 Å². The van der Waals surface area contributed by atoms with Crippen molar-refractivity contribution in [3.8, 4) is 0 Å². The predicted molar refractivity (Wildman–Crippen MR) is 76.3 cm³/mol. The summed E-state index contributed by atoms with van der Waals surface area (Å²) in [6.45, 7) is 1.85. The highest BCUT2D eigenvalue weighted by Gasteiger charge is 2.21. The van der Waals surface area contributed by atoms with Crippen molar-refractivity contribution in [1.29, 1.82) is 0 Å². The third-order valence-electron chi connectivity index (χ3n) is 3.17. The molecule has 0 radical (unpaired) electrons.